The number of benzene rings is 1. The quantitative estimate of drug-likeness (QED) is 0.736. The second-order valence-electron chi connectivity index (χ2n) is 6.17. The average molecular weight is 328 g/mol. The van der Waals surface area contributed by atoms with Crippen LogP contribution in [0.3, 0.4) is 0 Å². The van der Waals surface area contributed by atoms with E-state index < -0.39 is 0 Å². The van der Waals surface area contributed by atoms with Crippen molar-refractivity contribution in [3.8, 4) is 11.6 Å². The van der Waals surface area contributed by atoms with Gasteiger partial charge in [-0.25, -0.2) is 4.39 Å². The van der Waals surface area contributed by atoms with E-state index >= 15 is 0 Å². The van der Waals surface area contributed by atoms with Crippen molar-refractivity contribution >= 4 is 0 Å². The van der Waals surface area contributed by atoms with E-state index in [1.54, 1.807) is 12.1 Å². The molecule has 0 aliphatic carbocycles. The van der Waals surface area contributed by atoms with E-state index in [4.69, 9.17) is 9.26 Å². The lowest BCUT2D eigenvalue weighted by Crippen LogP contribution is -2.21. The van der Waals surface area contributed by atoms with Gasteiger partial charge >= 0.3 is 0 Å². The molecule has 1 aliphatic heterocycles. The Morgan fingerprint density at radius 2 is 2.04 bits per heavy atom. The fourth-order valence-corrected chi connectivity index (χ4v) is 2.68. The third-order valence-corrected chi connectivity index (χ3v) is 4.05. The van der Waals surface area contributed by atoms with Crippen molar-refractivity contribution in [1.29, 1.82) is 0 Å². The Bertz CT molecular complexity index is 854. The predicted octanol–water partition coefficient (Wildman–Crippen LogP) is 3.47. The minimum atomic E-state index is -0.256. The van der Waals surface area contributed by atoms with Gasteiger partial charge in [-0.05, 0) is 23.8 Å². The van der Waals surface area contributed by atoms with Crippen LogP contribution in [0, 0.1) is 5.82 Å². The lowest BCUT2D eigenvalue weighted by molar-refractivity contribution is -0.00116. The molecule has 7 heteroatoms. The van der Waals surface area contributed by atoms with E-state index in [1.165, 1.54) is 12.1 Å². The number of halogens is 1. The van der Waals surface area contributed by atoms with Crippen molar-refractivity contribution in [3.63, 3.8) is 0 Å². The smallest absolute Gasteiger partial charge is 0.278 e. The zero-order valence-corrected chi connectivity index (χ0v) is 13.4. The van der Waals surface area contributed by atoms with Crippen molar-refractivity contribution in [3.05, 3.63) is 53.2 Å². The number of fused-ring (bicyclic) bond motifs is 1. The summed E-state index contributed by atoms with van der Waals surface area (Å²) in [6, 6.07) is 8.26. The molecule has 3 heterocycles. The molecule has 24 heavy (non-hydrogen) atoms. The summed E-state index contributed by atoms with van der Waals surface area (Å²) in [6.07, 6.45) is -0.153. The van der Waals surface area contributed by atoms with Gasteiger partial charge in [0.1, 0.15) is 11.9 Å². The van der Waals surface area contributed by atoms with Gasteiger partial charge in [0.05, 0.1) is 18.8 Å². The van der Waals surface area contributed by atoms with Crippen LogP contribution in [-0.4, -0.2) is 19.9 Å². The Balaban J connectivity index is 1.58. The molecular formula is C17H17FN4O2. The maximum absolute atomic E-state index is 13.1. The molecule has 2 aromatic heterocycles. The number of aromatic nitrogens is 4. The molecule has 0 fully saturated rings. The second-order valence-corrected chi connectivity index (χ2v) is 6.17. The highest BCUT2D eigenvalue weighted by atomic mass is 19.1. The van der Waals surface area contributed by atoms with Crippen molar-refractivity contribution in [1.82, 2.24) is 19.9 Å². The van der Waals surface area contributed by atoms with Gasteiger partial charge in [0, 0.05) is 5.92 Å². The lowest BCUT2D eigenvalue weighted by atomic mass is 10.1. The zero-order chi connectivity index (χ0) is 16.7. The topological polar surface area (TPSA) is 66.0 Å². The highest BCUT2D eigenvalue weighted by Gasteiger charge is 2.24. The molecule has 0 radical (unpaired) electrons. The van der Waals surface area contributed by atoms with Crippen LogP contribution >= 0.6 is 0 Å². The normalized spacial score (nSPS) is 17.2. The van der Waals surface area contributed by atoms with Crippen LogP contribution in [0.2, 0.25) is 0 Å². The van der Waals surface area contributed by atoms with Crippen LogP contribution in [0.15, 0.2) is 34.9 Å². The molecule has 0 bridgehead atoms. The minimum absolute atomic E-state index is 0.153. The van der Waals surface area contributed by atoms with Gasteiger partial charge in [-0.2, -0.15) is 10.1 Å². The molecule has 0 unspecified atom stereocenters. The van der Waals surface area contributed by atoms with E-state index in [1.807, 2.05) is 24.6 Å². The predicted molar refractivity (Wildman–Crippen MR) is 83.5 cm³/mol. The largest absolute Gasteiger partial charge is 0.365 e. The van der Waals surface area contributed by atoms with Crippen LogP contribution in [0.4, 0.5) is 4.39 Å². The Morgan fingerprint density at radius 1 is 1.25 bits per heavy atom. The molecule has 0 saturated carbocycles. The van der Waals surface area contributed by atoms with Crippen LogP contribution in [-0.2, 0) is 17.9 Å². The Morgan fingerprint density at radius 3 is 2.75 bits per heavy atom. The minimum Gasteiger partial charge on any atom is -0.365 e. The van der Waals surface area contributed by atoms with Gasteiger partial charge in [-0.15, -0.1) is 0 Å². The van der Waals surface area contributed by atoms with Crippen LogP contribution < -0.4 is 0 Å². The number of nitrogens with zero attached hydrogens (tertiary/aromatic N) is 4. The SMILES string of the molecule is CC(C)c1noc(-c2cc3n(n2)C[C@H](c2ccc(F)cc2)OC3)n1. The number of rotatable bonds is 3. The maximum Gasteiger partial charge on any atom is 0.278 e. The summed E-state index contributed by atoms with van der Waals surface area (Å²) in [6.45, 7) is 5.01. The van der Waals surface area contributed by atoms with Crippen LogP contribution in [0.1, 0.15) is 43.0 Å². The molecule has 124 valence electrons. The summed E-state index contributed by atoms with van der Waals surface area (Å²) in [7, 11) is 0. The fourth-order valence-electron chi connectivity index (χ4n) is 2.68. The number of ether oxygens (including phenoxy) is 1. The fraction of sp³-hybridized carbons (Fsp3) is 0.353. The first-order valence-corrected chi connectivity index (χ1v) is 7.88. The Hall–Kier alpha value is -2.54. The van der Waals surface area contributed by atoms with Crippen molar-refractivity contribution in [2.24, 2.45) is 0 Å². The van der Waals surface area contributed by atoms with Crippen LogP contribution in [0.25, 0.3) is 11.6 Å². The molecule has 4 rings (SSSR count). The van der Waals surface area contributed by atoms with Gasteiger partial charge in [0.2, 0.25) is 0 Å². The monoisotopic (exact) mass is 328 g/mol. The molecule has 1 aromatic carbocycles. The van der Waals surface area contributed by atoms with E-state index in [0.29, 0.717) is 30.6 Å². The van der Waals surface area contributed by atoms with Gasteiger partial charge in [-0.1, -0.05) is 31.1 Å². The summed E-state index contributed by atoms with van der Waals surface area (Å²) in [5.41, 5.74) is 2.53. The molecule has 3 aromatic rings. The van der Waals surface area contributed by atoms with Gasteiger partial charge in [0.15, 0.2) is 11.5 Å². The molecule has 0 N–H and O–H groups in total. The molecule has 6 nitrogen and oxygen atoms in total. The molecule has 1 atom stereocenters. The molecule has 0 saturated heterocycles. The third kappa shape index (κ3) is 2.71. The summed E-state index contributed by atoms with van der Waals surface area (Å²) in [5.74, 6) is 1.02. The van der Waals surface area contributed by atoms with Crippen LogP contribution in [0.5, 0.6) is 0 Å². The number of hydrogen-bond acceptors (Lipinski definition) is 5. The first-order chi connectivity index (χ1) is 11.6. The zero-order valence-electron chi connectivity index (χ0n) is 13.4. The van der Waals surface area contributed by atoms with E-state index in [2.05, 4.69) is 15.2 Å². The van der Waals surface area contributed by atoms with Crippen molar-refractivity contribution < 1.29 is 13.7 Å². The van der Waals surface area contributed by atoms with Crippen molar-refractivity contribution in [2.45, 2.75) is 39.0 Å². The summed E-state index contributed by atoms with van der Waals surface area (Å²) in [5, 5.41) is 8.52. The second kappa shape index (κ2) is 5.83. The van der Waals surface area contributed by atoms with E-state index in [9.17, 15) is 4.39 Å². The molecule has 0 spiro atoms. The number of hydrogen-bond donors (Lipinski definition) is 0. The van der Waals surface area contributed by atoms with E-state index in [-0.39, 0.29) is 17.8 Å². The Kier molecular flexibility index (Phi) is 3.65. The third-order valence-electron chi connectivity index (χ3n) is 4.05. The first-order valence-electron chi connectivity index (χ1n) is 7.88. The molecule has 1 aliphatic rings. The van der Waals surface area contributed by atoms with Gasteiger partial charge in [-0.3, -0.25) is 4.68 Å². The highest BCUT2D eigenvalue weighted by molar-refractivity contribution is 5.47. The van der Waals surface area contributed by atoms with Crippen molar-refractivity contribution in [2.75, 3.05) is 0 Å². The summed E-state index contributed by atoms with van der Waals surface area (Å²) < 4.78 is 26.1. The first kappa shape index (κ1) is 15.0. The Labute approximate surface area is 138 Å². The van der Waals surface area contributed by atoms with E-state index in [0.717, 1.165) is 11.3 Å². The maximum atomic E-state index is 13.1. The van der Waals surface area contributed by atoms with Gasteiger partial charge < -0.3 is 9.26 Å². The molecular weight excluding hydrogens is 311 g/mol. The summed E-state index contributed by atoms with van der Waals surface area (Å²) >= 11 is 0. The lowest BCUT2D eigenvalue weighted by Gasteiger charge is -2.24. The summed E-state index contributed by atoms with van der Waals surface area (Å²) in [4.78, 5) is 4.37. The standard InChI is InChI=1S/C17H17FN4O2/c1-10(2)16-19-17(24-21-16)14-7-13-9-23-15(8-22(13)20-14)11-3-5-12(18)6-4-11/h3-7,10,15H,8-9H2,1-2H3/t15-/m1/s1. The van der Waals surface area contributed by atoms with Gasteiger partial charge in [0.25, 0.3) is 5.89 Å². The highest BCUT2D eigenvalue weighted by Crippen LogP contribution is 2.29. The average Bonchev–Trinajstić information content (AvgIpc) is 3.21. The molecule has 0 amide bonds.